The SMILES string of the molecule is CC(C)N(C(=O)CN1CCC(C)(CN)C1)C(C)C. The summed E-state index contributed by atoms with van der Waals surface area (Å²) in [4.78, 5) is 16.5. The van der Waals surface area contributed by atoms with E-state index in [-0.39, 0.29) is 23.4 Å². The molecular formula is C14H29N3O. The first-order valence-corrected chi connectivity index (χ1v) is 7.02. The highest BCUT2D eigenvalue weighted by Gasteiger charge is 2.34. The largest absolute Gasteiger partial charge is 0.337 e. The number of likely N-dealkylation sites (tertiary alicyclic amines) is 1. The maximum atomic E-state index is 12.3. The van der Waals surface area contributed by atoms with Gasteiger partial charge < -0.3 is 10.6 Å². The van der Waals surface area contributed by atoms with Crippen LogP contribution in [0.25, 0.3) is 0 Å². The maximum absolute atomic E-state index is 12.3. The van der Waals surface area contributed by atoms with E-state index >= 15 is 0 Å². The average Bonchev–Trinajstić information content (AvgIpc) is 2.59. The minimum absolute atomic E-state index is 0.195. The summed E-state index contributed by atoms with van der Waals surface area (Å²) in [5, 5.41) is 0. The van der Waals surface area contributed by atoms with E-state index in [9.17, 15) is 4.79 Å². The molecule has 1 rings (SSSR count). The van der Waals surface area contributed by atoms with Crippen LogP contribution >= 0.6 is 0 Å². The molecule has 0 spiro atoms. The number of hydrogen-bond acceptors (Lipinski definition) is 3. The van der Waals surface area contributed by atoms with Gasteiger partial charge in [-0.15, -0.1) is 0 Å². The van der Waals surface area contributed by atoms with Crippen LogP contribution in [0.5, 0.6) is 0 Å². The van der Waals surface area contributed by atoms with Crippen molar-refractivity contribution in [1.82, 2.24) is 9.80 Å². The van der Waals surface area contributed by atoms with Crippen molar-refractivity contribution in [1.29, 1.82) is 0 Å². The summed E-state index contributed by atoms with van der Waals surface area (Å²) in [5.74, 6) is 0.237. The third kappa shape index (κ3) is 3.69. The number of amides is 1. The molecule has 1 amide bonds. The Balaban J connectivity index is 2.55. The van der Waals surface area contributed by atoms with E-state index in [4.69, 9.17) is 5.73 Å². The van der Waals surface area contributed by atoms with Gasteiger partial charge in [-0.3, -0.25) is 9.69 Å². The van der Waals surface area contributed by atoms with E-state index in [0.717, 1.165) is 19.5 Å². The first-order valence-electron chi connectivity index (χ1n) is 7.02. The van der Waals surface area contributed by atoms with E-state index in [2.05, 4.69) is 39.5 Å². The molecule has 4 heteroatoms. The summed E-state index contributed by atoms with van der Waals surface area (Å²) in [5.41, 5.74) is 5.99. The summed E-state index contributed by atoms with van der Waals surface area (Å²) in [6.07, 6.45) is 1.10. The van der Waals surface area contributed by atoms with Crippen LogP contribution in [0.3, 0.4) is 0 Å². The summed E-state index contributed by atoms with van der Waals surface area (Å²) >= 11 is 0. The second-order valence-corrected chi connectivity index (χ2v) is 6.46. The standard InChI is InChI=1S/C14H29N3O/c1-11(2)17(12(3)4)13(18)8-16-7-6-14(5,9-15)10-16/h11-12H,6-10,15H2,1-5H3. The molecule has 1 heterocycles. The lowest BCUT2D eigenvalue weighted by Crippen LogP contribution is -2.47. The van der Waals surface area contributed by atoms with Crippen LogP contribution in [-0.4, -0.2) is 54.0 Å². The molecule has 1 saturated heterocycles. The monoisotopic (exact) mass is 255 g/mol. The smallest absolute Gasteiger partial charge is 0.237 e. The van der Waals surface area contributed by atoms with Gasteiger partial charge in [0.15, 0.2) is 0 Å². The van der Waals surface area contributed by atoms with Crippen LogP contribution in [0.2, 0.25) is 0 Å². The Hall–Kier alpha value is -0.610. The topological polar surface area (TPSA) is 49.6 Å². The van der Waals surface area contributed by atoms with Crippen molar-refractivity contribution in [3.8, 4) is 0 Å². The number of carbonyl (C=O) groups is 1. The molecular weight excluding hydrogens is 226 g/mol. The molecule has 1 fully saturated rings. The van der Waals surface area contributed by atoms with Gasteiger partial charge in [-0.2, -0.15) is 0 Å². The summed E-state index contributed by atoms with van der Waals surface area (Å²) in [6.45, 7) is 13.7. The van der Waals surface area contributed by atoms with Gasteiger partial charge in [0.25, 0.3) is 0 Å². The Morgan fingerprint density at radius 2 is 1.89 bits per heavy atom. The van der Waals surface area contributed by atoms with E-state index in [1.807, 2.05) is 4.90 Å². The van der Waals surface area contributed by atoms with Crippen molar-refractivity contribution in [2.45, 2.75) is 53.1 Å². The van der Waals surface area contributed by atoms with Crippen LogP contribution in [0.1, 0.15) is 41.0 Å². The van der Waals surface area contributed by atoms with Crippen LogP contribution in [0, 0.1) is 5.41 Å². The van der Waals surface area contributed by atoms with Gasteiger partial charge in [0.1, 0.15) is 0 Å². The molecule has 0 bridgehead atoms. The Labute approximate surface area is 111 Å². The fraction of sp³-hybridized carbons (Fsp3) is 0.929. The Bertz CT molecular complexity index is 283. The highest BCUT2D eigenvalue weighted by atomic mass is 16.2. The first-order chi connectivity index (χ1) is 8.29. The lowest BCUT2D eigenvalue weighted by molar-refractivity contribution is -0.135. The Morgan fingerprint density at radius 1 is 1.33 bits per heavy atom. The molecule has 0 aliphatic carbocycles. The van der Waals surface area contributed by atoms with Gasteiger partial charge in [-0.25, -0.2) is 0 Å². The molecule has 1 atom stereocenters. The van der Waals surface area contributed by atoms with Crippen molar-refractivity contribution in [2.24, 2.45) is 11.1 Å². The van der Waals surface area contributed by atoms with Crippen LogP contribution in [-0.2, 0) is 4.79 Å². The van der Waals surface area contributed by atoms with Crippen molar-refractivity contribution in [3.05, 3.63) is 0 Å². The van der Waals surface area contributed by atoms with Crippen molar-refractivity contribution >= 4 is 5.91 Å². The molecule has 2 N–H and O–H groups in total. The quantitative estimate of drug-likeness (QED) is 0.805. The molecule has 106 valence electrons. The third-order valence-electron chi connectivity index (χ3n) is 3.89. The average molecular weight is 255 g/mol. The van der Waals surface area contributed by atoms with Crippen LogP contribution in [0.15, 0.2) is 0 Å². The van der Waals surface area contributed by atoms with E-state index in [0.29, 0.717) is 13.1 Å². The molecule has 4 nitrogen and oxygen atoms in total. The lowest BCUT2D eigenvalue weighted by atomic mass is 9.90. The van der Waals surface area contributed by atoms with Crippen molar-refractivity contribution in [3.63, 3.8) is 0 Å². The lowest BCUT2D eigenvalue weighted by Gasteiger charge is -2.32. The summed E-state index contributed by atoms with van der Waals surface area (Å²) in [6, 6.07) is 0.530. The summed E-state index contributed by atoms with van der Waals surface area (Å²) < 4.78 is 0. The molecule has 18 heavy (non-hydrogen) atoms. The van der Waals surface area contributed by atoms with Gasteiger partial charge in [-0.1, -0.05) is 6.92 Å². The van der Waals surface area contributed by atoms with Crippen LogP contribution < -0.4 is 5.73 Å². The van der Waals surface area contributed by atoms with Crippen molar-refractivity contribution in [2.75, 3.05) is 26.2 Å². The first kappa shape index (κ1) is 15.4. The summed E-state index contributed by atoms with van der Waals surface area (Å²) in [7, 11) is 0. The normalized spacial score (nSPS) is 25.1. The minimum atomic E-state index is 0.195. The number of carbonyl (C=O) groups excluding carboxylic acids is 1. The van der Waals surface area contributed by atoms with Crippen LogP contribution in [0.4, 0.5) is 0 Å². The van der Waals surface area contributed by atoms with Gasteiger partial charge >= 0.3 is 0 Å². The number of nitrogens with two attached hydrogens (primary N) is 1. The number of rotatable bonds is 5. The van der Waals surface area contributed by atoms with Gasteiger partial charge in [0.2, 0.25) is 5.91 Å². The highest BCUT2D eigenvalue weighted by molar-refractivity contribution is 5.78. The second kappa shape index (κ2) is 6.02. The van der Waals surface area contributed by atoms with Gasteiger partial charge in [0.05, 0.1) is 6.54 Å². The van der Waals surface area contributed by atoms with E-state index in [1.54, 1.807) is 0 Å². The minimum Gasteiger partial charge on any atom is -0.337 e. The van der Waals surface area contributed by atoms with Gasteiger partial charge in [-0.05, 0) is 52.6 Å². The highest BCUT2D eigenvalue weighted by Crippen LogP contribution is 2.28. The fourth-order valence-electron chi connectivity index (χ4n) is 2.87. The predicted molar refractivity (Wildman–Crippen MR) is 75.3 cm³/mol. The predicted octanol–water partition coefficient (Wildman–Crippen LogP) is 1.30. The Morgan fingerprint density at radius 3 is 2.28 bits per heavy atom. The fourth-order valence-corrected chi connectivity index (χ4v) is 2.87. The van der Waals surface area contributed by atoms with E-state index < -0.39 is 0 Å². The molecule has 1 aliphatic rings. The second-order valence-electron chi connectivity index (χ2n) is 6.46. The third-order valence-corrected chi connectivity index (χ3v) is 3.89. The molecule has 0 aromatic carbocycles. The maximum Gasteiger partial charge on any atom is 0.237 e. The zero-order valence-electron chi connectivity index (χ0n) is 12.6. The molecule has 0 aromatic rings. The van der Waals surface area contributed by atoms with Gasteiger partial charge in [0, 0.05) is 18.6 Å². The number of nitrogens with zero attached hydrogens (tertiary/aromatic N) is 2. The Kier molecular flexibility index (Phi) is 5.17. The zero-order chi connectivity index (χ0) is 13.9. The molecule has 0 aromatic heterocycles. The molecule has 1 unspecified atom stereocenters. The number of hydrogen-bond donors (Lipinski definition) is 1. The molecule has 0 radical (unpaired) electrons. The molecule has 1 aliphatic heterocycles. The van der Waals surface area contributed by atoms with Crippen molar-refractivity contribution < 1.29 is 4.79 Å². The van der Waals surface area contributed by atoms with E-state index in [1.165, 1.54) is 0 Å². The zero-order valence-corrected chi connectivity index (χ0v) is 12.6. The molecule has 0 saturated carbocycles.